The molecule has 0 fully saturated rings. The Morgan fingerprint density at radius 2 is 1.70 bits per heavy atom. The molecule has 0 unspecified atom stereocenters. The summed E-state index contributed by atoms with van der Waals surface area (Å²) in [5.41, 5.74) is 2.23. The molecule has 1 aliphatic rings. The van der Waals surface area contributed by atoms with Crippen molar-refractivity contribution in [3.05, 3.63) is 83.4 Å². The van der Waals surface area contributed by atoms with Crippen molar-refractivity contribution in [2.24, 2.45) is 0 Å². The zero-order chi connectivity index (χ0) is 21.1. The predicted octanol–water partition coefficient (Wildman–Crippen LogP) is 3.45. The Bertz CT molecular complexity index is 1190. The number of amides is 1. The van der Waals surface area contributed by atoms with Crippen LogP contribution in [0.1, 0.15) is 21.5 Å². The third-order valence-corrected chi connectivity index (χ3v) is 6.02. The summed E-state index contributed by atoms with van der Waals surface area (Å²) in [4.78, 5) is 12.9. The van der Waals surface area contributed by atoms with Crippen LogP contribution >= 0.6 is 0 Å². The highest BCUT2D eigenvalue weighted by molar-refractivity contribution is 7.92. The van der Waals surface area contributed by atoms with Gasteiger partial charge in [0.15, 0.2) is 11.5 Å². The van der Waals surface area contributed by atoms with Gasteiger partial charge >= 0.3 is 0 Å². The van der Waals surface area contributed by atoms with Crippen LogP contribution in [0.2, 0.25) is 0 Å². The van der Waals surface area contributed by atoms with Crippen molar-refractivity contribution in [3.8, 4) is 11.5 Å². The van der Waals surface area contributed by atoms with Crippen molar-refractivity contribution in [3.63, 3.8) is 0 Å². The van der Waals surface area contributed by atoms with E-state index in [0.29, 0.717) is 11.5 Å². The second kappa shape index (κ2) is 8.08. The van der Waals surface area contributed by atoms with Crippen LogP contribution in [0.25, 0.3) is 0 Å². The summed E-state index contributed by atoms with van der Waals surface area (Å²) >= 11 is 0. The highest BCUT2D eigenvalue weighted by Gasteiger charge is 2.19. The van der Waals surface area contributed by atoms with E-state index in [9.17, 15) is 13.2 Å². The number of hydrogen-bond acceptors (Lipinski definition) is 5. The van der Waals surface area contributed by atoms with E-state index >= 15 is 0 Å². The molecule has 0 saturated carbocycles. The highest BCUT2D eigenvalue weighted by Crippen LogP contribution is 2.32. The molecule has 7 nitrogen and oxygen atoms in total. The monoisotopic (exact) mass is 424 g/mol. The van der Waals surface area contributed by atoms with Crippen LogP contribution in [0.5, 0.6) is 11.5 Å². The van der Waals surface area contributed by atoms with Gasteiger partial charge in [0, 0.05) is 6.54 Å². The molecule has 0 radical (unpaired) electrons. The van der Waals surface area contributed by atoms with Crippen LogP contribution in [-0.2, 0) is 16.6 Å². The molecular weight excluding hydrogens is 404 g/mol. The molecule has 0 saturated heterocycles. The minimum atomic E-state index is -3.82. The van der Waals surface area contributed by atoms with E-state index in [4.69, 9.17) is 9.47 Å². The summed E-state index contributed by atoms with van der Waals surface area (Å²) in [5, 5.41) is 2.81. The lowest BCUT2D eigenvalue weighted by molar-refractivity contribution is 0.0951. The third kappa shape index (κ3) is 4.23. The van der Waals surface area contributed by atoms with Crippen LogP contribution in [0.4, 0.5) is 5.69 Å². The average Bonchev–Trinajstić information content (AvgIpc) is 3.20. The second-order valence-electron chi connectivity index (χ2n) is 6.83. The van der Waals surface area contributed by atoms with E-state index in [1.807, 2.05) is 13.0 Å². The van der Waals surface area contributed by atoms with Gasteiger partial charge in [-0.15, -0.1) is 0 Å². The van der Waals surface area contributed by atoms with Gasteiger partial charge in [-0.05, 0) is 48.9 Å². The standard InChI is InChI=1S/C22H20N2O5S/c1-15-6-9-17(10-7-15)30(26,27)24-19-5-3-2-4-18(19)22(25)23-13-16-8-11-20-21(12-16)29-14-28-20/h2-12,24H,13-14H2,1H3,(H,23,25). The fraction of sp³-hybridized carbons (Fsp3) is 0.136. The first-order valence-electron chi connectivity index (χ1n) is 9.28. The lowest BCUT2D eigenvalue weighted by Crippen LogP contribution is -2.25. The smallest absolute Gasteiger partial charge is 0.261 e. The van der Waals surface area contributed by atoms with Crippen molar-refractivity contribution in [1.82, 2.24) is 5.32 Å². The number of para-hydroxylation sites is 1. The molecule has 0 aromatic heterocycles. The fourth-order valence-electron chi connectivity index (χ4n) is 3.02. The van der Waals surface area contributed by atoms with Crippen LogP contribution in [0.15, 0.2) is 71.6 Å². The van der Waals surface area contributed by atoms with E-state index in [1.54, 1.807) is 48.5 Å². The van der Waals surface area contributed by atoms with Crippen molar-refractivity contribution in [1.29, 1.82) is 0 Å². The summed E-state index contributed by atoms with van der Waals surface area (Å²) in [7, 11) is -3.82. The third-order valence-electron chi connectivity index (χ3n) is 4.64. The zero-order valence-electron chi connectivity index (χ0n) is 16.2. The minimum Gasteiger partial charge on any atom is -0.454 e. The Balaban J connectivity index is 1.49. The molecule has 8 heteroatoms. The maximum atomic E-state index is 12.7. The summed E-state index contributed by atoms with van der Waals surface area (Å²) in [6.45, 7) is 2.32. The highest BCUT2D eigenvalue weighted by atomic mass is 32.2. The summed E-state index contributed by atoms with van der Waals surface area (Å²) < 4.78 is 38.5. The maximum Gasteiger partial charge on any atom is 0.261 e. The lowest BCUT2D eigenvalue weighted by Gasteiger charge is -2.13. The van der Waals surface area contributed by atoms with Gasteiger partial charge in [-0.2, -0.15) is 0 Å². The number of nitrogens with one attached hydrogen (secondary N) is 2. The summed E-state index contributed by atoms with van der Waals surface area (Å²) in [5.74, 6) is 0.906. The minimum absolute atomic E-state index is 0.128. The van der Waals surface area contributed by atoms with E-state index in [1.165, 1.54) is 12.1 Å². The largest absolute Gasteiger partial charge is 0.454 e. The van der Waals surface area contributed by atoms with Crippen molar-refractivity contribution < 1.29 is 22.7 Å². The first kappa shape index (κ1) is 19.8. The fourth-order valence-corrected chi connectivity index (χ4v) is 4.10. The Hall–Kier alpha value is -3.52. The number of aryl methyl sites for hydroxylation is 1. The molecule has 0 atom stereocenters. The van der Waals surface area contributed by atoms with Crippen molar-refractivity contribution >= 4 is 21.6 Å². The molecule has 154 valence electrons. The molecular formula is C22H20N2O5S. The van der Waals surface area contributed by atoms with Gasteiger partial charge in [0.05, 0.1) is 16.1 Å². The van der Waals surface area contributed by atoms with Gasteiger partial charge in [-0.3, -0.25) is 9.52 Å². The maximum absolute atomic E-state index is 12.7. The number of anilines is 1. The topological polar surface area (TPSA) is 93.7 Å². The van der Waals surface area contributed by atoms with Gasteiger partial charge < -0.3 is 14.8 Å². The number of hydrogen-bond donors (Lipinski definition) is 2. The molecule has 3 aromatic carbocycles. The van der Waals surface area contributed by atoms with Crippen molar-refractivity contribution in [2.45, 2.75) is 18.4 Å². The van der Waals surface area contributed by atoms with Crippen molar-refractivity contribution in [2.75, 3.05) is 11.5 Å². The summed E-state index contributed by atoms with van der Waals surface area (Å²) in [6.07, 6.45) is 0. The quantitative estimate of drug-likeness (QED) is 0.632. The lowest BCUT2D eigenvalue weighted by atomic mass is 10.1. The van der Waals surface area contributed by atoms with Crippen LogP contribution in [0.3, 0.4) is 0 Å². The molecule has 0 bridgehead atoms. The van der Waals surface area contributed by atoms with Crippen LogP contribution in [-0.4, -0.2) is 21.1 Å². The van der Waals surface area contributed by atoms with E-state index in [0.717, 1.165) is 11.1 Å². The molecule has 1 amide bonds. The molecule has 4 rings (SSSR count). The van der Waals surface area contributed by atoms with Gasteiger partial charge in [0.25, 0.3) is 15.9 Å². The molecule has 30 heavy (non-hydrogen) atoms. The van der Waals surface area contributed by atoms with Crippen LogP contribution in [0, 0.1) is 6.92 Å². The Morgan fingerprint density at radius 1 is 0.967 bits per heavy atom. The SMILES string of the molecule is Cc1ccc(S(=O)(=O)Nc2ccccc2C(=O)NCc2ccc3c(c2)OCO3)cc1. The van der Waals surface area contributed by atoms with Gasteiger partial charge in [0.1, 0.15) is 0 Å². The number of benzene rings is 3. The number of ether oxygens (including phenoxy) is 2. The molecule has 0 spiro atoms. The Kier molecular flexibility index (Phi) is 5.33. The normalized spacial score (nSPS) is 12.4. The predicted molar refractivity (Wildman–Crippen MR) is 112 cm³/mol. The number of fused-ring (bicyclic) bond motifs is 1. The van der Waals surface area contributed by atoms with E-state index < -0.39 is 15.9 Å². The summed E-state index contributed by atoms with van der Waals surface area (Å²) in [6, 6.07) is 18.4. The van der Waals surface area contributed by atoms with E-state index in [2.05, 4.69) is 10.0 Å². The van der Waals surface area contributed by atoms with Gasteiger partial charge in [0.2, 0.25) is 6.79 Å². The first-order valence-corrected chi connectivity index (χ1v) is 10.8. The van der Waals surface area contributed by atoms with E-state index in [-0.39, 0.29) is 29.5 Å². The number of carbonyl (C=O) groups is 1. The molecule has 2 N–H and O–H groups in total. The molecule has 1 heterocycles. The molecule has 3 aromatic rings. The average molecular weight is 424 g/mol. The zero-order valence-corrected chi connectivity index (χ0v) is 17.0. The Morgan fingerprint density at radius 3 is 2.50 bits per heavy atom. The van der Waals surface area contributed by atoms with Crippen LogP contribution < -0.4 is 19.5 Å². The molecule has 0 aliphatic carbocycles. The number of carbonyl (C=O) groups excluding carboxylic acids is 1. The van der Waals surface area contributed by atoms with Gasteiger partial charge in [-0.25, -0.2) is 8.42 Å². The first-order chi connectivity index (χ1) is 14.4. The second-order valence-corrected chi connectivity index (χ2v) is 8.52. The Labute approximate surface area is 174 Å². The molecule has 1 aliphatic heterocycles. The number of sulfonamides is 1. The van der Waals surface area contributed by atoms with Gasteiger partial charge in [-0.1, -0.05) is 35.9 Å². The number of rotatable bonds is 6.